The summed E-state index contributed by atoms with van der Waals surface area (Å²) < 4.78 is 6.83. The molecule has 0 aliphatic heterocycles. The second-order valence-electron chi connectivity index (χ2n) is 8.46. The van der Waals surface area contributed by atoms with Crippen LogP contribution in [0.5, 0.6) is 0 Å². The maximum atomic E-state index is 12.9. The predicted octanol–water partition coefficient (Wildman–Crippen LogP) is 4.33. The van der Waals surface area contributed by atoms with Crippen molar-refractivity contribution in [3.8, 4) is 5.69 Å². The van der Waals surface area contributed by atoms with Crippen LogP contribution in [0.3, 0.4) is 0 Å². The molecule has 3 aromatic heterocycles. The third-order valence-electron chi connectivity index (χ3n) is 4.69. The molecule has 1 amide bonds. The quantitative estimate of drug-likeness (QED) is 0.336. The van der Waals surface area contributed by atoms with Crippen LogP contribution in [0.25, 0.3) is 5.69 Å². The summed E-state index contributed by atoms with van der Waals surface area (Å²) in [6.45, 7) is 10.2. The number of aromatic nitrogens is 5. The monoisotopic (exact) mass is 473 g/mol. The zero-order valence-corrected chi connectivity index (χ0v) is 20.2. The van der Waals surface area contributed by atoms with Gasteiger partial charge in [-0.3, -0.25) is 9.78 Å². The van der Waals surface area contributed by atoms with E-state index in [1.807, 2.05) is 33.8 Å². The molecule has 10 nitrogen and oxygen atoms in total. The number of halogens is 1. The van der Waals surface area contributed by atoms with Crippen LogP contribution in [0.4, 0.5) is 5.69 Å². The molecule has 176 valence electrons. The van der Waals surface area contributed by atoms with E-state index in [-0.39, 0.29) is 29.5 Å². The highest BCUT2D eigenvalue weighted by atomic mass is 35.5. The first-order valence-corrected chi connectivity index (χ1v) is 11.0. The SMILES string of the molecule is CCN(C(=O)CC/C(C)=N/OCc1noc(C(C)(C)C)n1)c1cn(-c2cccnc2)nc1Cl. The van der Waals surface area contributed by atoms with E-state index in [1.54, 1.807) is 41.2 Å². The van der Waals surface area contributed by atoms with Gasteiger partial charge in [0.05, 0.1) is 23.8 Å². The number of rotatable bonds is 9. The highest BCUT2D eigenvalue weighted by Gasteiger charge is 2.22. The molecule has 0 aliphatic rings. The molecule has 11 heteroatoms. The highest BCUT2D eigenvalue weighted by Crippen LogP contribution is 2.26. The van der Waals surface area contributed by atoms with E-state index in [0.29, 0.717) is 36.1 Å². The van der Waals surface area contributed by atoms with Crippen molar-refractivity contribution >= 4 is 28.9 Å². The molecule has 0 atom stereocenters. The zero-order valence-electron chi connectivity index (χ0n) is 19.4. The molecule has 0 aromatic carbocycles. The van der Waals surface area contributed by atoms with Gasteiger partial charge in [0.1, 0.15) is 5.69 Å². The molecule has 0 bridgehead atoms. The molecular formula is C22H28ClN7O3. The molecule has 0 radical (unpaired) electrons. The number of hydrogen-bond donors (Lipinski definition) is 0. The van der Waals surface area contributed by atoms with Gasteiger partial charge in [-0.15, -0.1) is 0 Å². The summed E-state index contributed by atoms with van der Waals surface area (Å²) in [6.07, 6.45) is 5.75. The molecule has 3 rings (SSSR count). The summed E-state index contributed by atoms with van der Waals surface area (Å²) in [7, 11) is 0. The van der Waals surface area contributed by atoms with E-state index >= 15 is 0 Å². The van der Waals surface area contributed by atoms with Crippen LogP contribution in [0, 0.1) is 0 Å². The Balaban J connectivity index is 1.55. The van der Waals surface area contributed by atoms with E-state index in [4.69, 9.17) is 21.0 Å². The molecule has 0 fully saturated rings. The minimum absolute atomic E-state index is 0.0901. The van der Waals surface area contributed by atoms with Gasteiger partial charge in [0.15, 0.2) is 11.8 Å². The van der Waals surface area contributed by atoms with E-state index < -0.39 is 0 Å². The van der Waals surface area contributed by atoms with Crippen LogP contribution in [0.15, 0.2) is 40.4 Å². The summed E-state index contributed by atoms with van der Waals surface area (Å²) in [5, 5.41) is 12.5. The van der Waals surface area contributed by atoms with Gasteiger partial charge in [-0.25, -0.2) is 4.68 Å². The molecule has 3 aromatic rings. The fourth-order valence-corrected chi connectivity index (χ4v) is 3.15. The third-order valence-corrected chi connectivity index (χ3v) is 4.96. The second kappa shape index (κ2) is 10.6. The van der Waals surface area contributed by atoms with Gasteiger partial charge in [0.25, 0.3) is 0 Å². The lowest BCUT2D eigenvalue weighted by atomic mass is 9.97. The van der Waals surface area contributed by atoms with Gasteiger partial charge in [-0.1, -0.05) is 42.7 Å². The van der Waals surface area contributed by atoms with Crippen LogP contribution in [-0.4, -0.2) is 43.1 Å². The number of amides is 1. The van der Waals surface area contributed by atoms with E-state index in [0.717, 1.165) is 5.69 Å². The van der Waals surface area contributed by atoms with Crippen molar-refractivity contribution in [1.82, 2.24) is 24.9 Å². The number of carbonyl (C=O) groups excluding carboxylic acids is 1. The van der Waals surface area contributed by atoms with Gasteiger partial charge >= 0.3 is 0 Å². The standard InChI is InChI=1S/C22H28ClN7O3/c1-6-29(17-13-30(26-20(17)23)16-8-7-11-24-12-16)19(31)10-9-15(2)27-32-14-18-25-21(33-28-18)22(3,4)5/h7-8,11-13H,6,9-10,14H2,1-5H3/b27-15+. The Hall–Kier alpha value is -3.27. The number of hydrogen-bond acceptors (Lipinski definition) is 8. The Bertz CT molecular complexity index is 1100. The first-order valence-electron chi connectivity index (χ1n) is 10.6. The molecular weight excluding hydrogens is 446 g/mol. The molecule has 33 heavy (non-hydrogen) atoms. The van der Waals surface area contributed by atoms with E-state index in [1.165, 1.54) is 0 Å². The molecule has 0 unspecified atom stereocenters. The Morgan fingerprint density at radius 2 is 2.12 bits per heavy atom. The highest BCUT2D eigenvalue weighted by molar-refractivity contribution is 6.32. The molecule has 0 aliphatic carbocycles. The Morgan fingerprint density at radius 1 is 1.33 bits per heavy atom. The number of pyridine rings is 1. The number of carbonyl (C=O) groups is 1. The average molecular weight is 474 g/mol. The second-order valence-corrected chi connectivity index (χ2v) is 8.82. The fraction of sp³-hybridized carbons (Fsp3) is 0.455. The molecule has 0 N–H and O–H groups in total. The van der Waals surface area contributed by atoms with Gasteiger partial charge in [0.2, 0.25) is 17.6 Å². The van der Waals surface area contributed by atoms with Crippen molar-refractivity contribution in [1.29, 1.82) is 0 Å². The first-order chi connectivity index (χ1) is 15.7. The summed E-state index contributed by atoms with van der Waals surface area (Å²) >= 11 is 6.32. The molecule has 3 heterocycles. The largest absolute Gasteiger partial charge is 0.387 e. The maximum Gasteiger partial charge on any atom is 0.232 e. The van der Waals surface area contributed by atoms with Crippen LogP contribution in [0.2, 0.25) is 5.15 Å². The number of nitrogens with zero attached hydrogens (tertiary/aromatic N) is 7. The van der Waals surface area contributed by atoms with Crippen molar-refractivity contribution in [3.05, 3.63) is 47.6 Å². The van der Waals surface area contributed by atoms with Gasteiger partial charge in [0, 0.05) is 24.6 Å². The lowest BCUT2D eigenvalue weighted by Crippen LogP contribution is -2.30. The van der Waals surface area contributed by atoms with E-state index in [2.05, 4.69) is 25.4 Å². The summed E-state index contributed by atoms with van der Waals surface area (Å²) in [6, 6.07) is 3.66. The predicted molar refractivity (Wildman–Crippen MR) is 125 cm³/mol. The lowest BCUT2D eigenvalue weighted by Gasteiger charge is -2.19. The molecule has 0 saturated heterocycles. The number of oxime groups is 1. The third kappa shape index (κ3) is 6.38. The fourth-order valence-electron chi connectivity index (χ4n) is 2.91. The summed E-state index contributed by atoms with van der Waals surface area (Å²) in [4.78, 5) is 28.2. The van der Waals surface area contributed by atoms with Crippen LogP contribution in [-0.2, 0) is 21.7 Å². The average Bonchev–Trinajstić information content (AvgIpc) is 3.41. The van der Waals surface area contributed by atoms with Crippen molar-refractivity contribution in [3.63, 3.8) is 0 Å². The zero-order chi connectivity index (χ0) is 24.0. The Morgan fingerprint density at radius 3 is 2.76 bits per heavy atom. The van der Waals surface area contributed by atoms with Crippen molar-refractivity contribution in [2.45, 2.75) is 59.5 Å². The molecule has 0 saturated carbocycles. The van der Waals surface area contributed by atoms with Crippen LogP contribution >= 0.6 is 11.6 Å². The summed E-state index contributed by atoms with van der Waals surface area (Å²) in [5.41, 5.74) is 1.75. The van der Waals surface area contributed by atoms with Crippen molar-refractivity contribution in [2.24, 2.45) is 5.16 Å². The van der Waals surface area contributed by atoms with Crippen LogP contribution in [0.1, 0.15) is 59.2 Å². The van der Waals surface area contributed by atoms with Gasteiger partial charge < -0.3 is 14.3 Å². The van der Waals surface area contributed by atoms with Crippen LogP contribution < -0.4 is 4.90 Å². The first kappa shape index (κ1) is 24.4. The molecule has 0 spiro atoms. The maximum absolute atomic E-state index is 12.9. The van der Waals surface area contributed by atoms with E-state index in [9.17, 15) is 4.79 Å². The smallest absolute Gasteiger partial charge is 0.232 e. The lowest BCUT2D eigenvalue weighted by molar-refractivity contribution is -0.118. The summed E-state index contributed by atoms with van der Waals surface area (Å²) in [5.74, 6) is 0.871. The normalized spacial score (nSPS) is 12.1. The van der Waals surface area contributed by atoms with Crippen molar-refractivity contribution in [2.75, 3.05) is 11.4 Å². The minimum Gasteiger partial charge on any atom is -0.387 e. The van der Waals surface area contributed by atoms with Crippen molar-refractivity contribution < 1.29 is 14.2 Å². The topological polar surface area (TPSA) is 112 Å². The van der Waals surface area contributed by atoms with Gasteiger partial charge in [-0.2, -0.15) is 10.1 Å². The van der Waals surface area contributed by atoms with Gasteiger partial charge in [-0.05, 0) is 32.4 Å². The Labute approximate surface area is 197 Å². The minimum atomic E-state index is -0.229. The number of anilines is 1. The Kier molecular flexibility index (Phi) is 7.80.